The summed E-state index contributed by atoms with van der Waals surface area (Å²) in [5, 5.41) is 0.501. The van der Waals surface area contributed by atoms with Crippen LogP contribution >= 0.6 is 11.3 Å². The molecule has 0 aliphatic carbocycles. The lowest BCUT2D eigenvalue weighted by Gasteiger charge is -2.20. The zero-order valence-corrected chi connectivity index (χ0v) is 18.9. The molecule has 2 aromatic heterocycles. The maximum Gasteiger partial charge on any atom is 0.261 e. The van der Waals surface area contributed by atoms with Gasteiger partial charge in [0.1, 0.15) is 5.76 Å². The van der Waals surface area contributed by atoms with Gasteiger partial charge >= 0.3 is 0 Å². The molecule has 2 aromatic carbocycles. The number of para-hydroxylation sites is 1. The van der Waals surface area contributed by atoms with Crippen LogP contribution in [0, 0.1) is 0 Å². The lowest BCUT2D eigenvalue weighted by Crippen LogP contribution is -2.31. The zero-order chi connectivity index (χ0) is 22.0. The molecule has 4 aromatic rings. The van der Waals surface area contributed by atoms with Crippen LogP contribution in [-0.4, -0.2) is 25.1 Å². The number of carbonyl (C=O) groups is 1. The molecule has 0 aliphatic heterocycles. The second-order valence-corrected chi connectivity index (χ2v) is 10.2. The normalized spacial score (nSPS) is 11.7. The van der Waals surface area contributed by atoms with E-state index in [1.54, 1.807) is 43.5 Å². The van der Waals surface area contributed by atoms with E-state index in [9.17, 15) is 13.2 Å². The van der Waals surface area contributed by atoms with Crippen molar-refractivity contribution in [2.45, 2.75) is 31.7 Å². The van der Waals surface area contributed by atoms with Crippen LogP contribution in [0.1, 0.15) is 35.5 Å². The number of thiazole rings is 1. The number of aryl methyl sites for hydroxylation is 1. The minimum Gasteiger partial charge on any atom is -0.467 e. The van der Waals surface area contributed by atoms with Crippen LogP contribution in [0.25, 0.3) is 10.2 Å². The molecule has 0 bridgehead atoms. The van der Waals surface area contributed by atoms with E-state index in [0.29, 0.717) is 10.9 Å². The molecule has 2 heterocycles. The molecule has 0 unspecified atom stereocenters. The summed E-state index contributed by atoms with van der Waals surface area (Å²) in [5.74, 6) is 0.0662. The van der Waals surface area contributed by atoms with E-state index in [-0.39, 0.29) is 22.8 Å². The number of carbonyl (C=O) groups excluding carboxylic acids is 1. The Labute approximate surface area is 185 Å². The van der Waals surface area contributed by atoms with Gasteiger partial charge in [-0.05, 0) is 42.3 Å². The molecule has 6 nitrogen and oxygen atoms in total. The first-order valence-corrected chi connectivity index (χ1v) is 12.5. The number of hydrogen-bond donors (Lipinski definition) is 0. The van der Waals surface area contributed by atoms with Gasteiger partial charge < -0.3 is 4.42 Å². The highest BCUT2D eigenvalue weighted by atomic mass is 32.2. The molecular formula is C23H22N2O4S2. The Morgan fingerprint density at radius 3 is 2.58 bits per heavy atom. The molecule has 160 valence electrons. The number of furan rings is 1. The predicted octanol–water partition coefficient (Wildman–Crippen LogP) is 5.09. The first-order chi connectivity index (χ1) is 14.9. The van der Waals surface area contributed by atoms with E-state index >= 15 is 0 Å². The number of sulfone groups is 1. The number of fused-ring (bicyclic) bond motifs is 1. The van der Waals surface area contributed by atoms with Gasteiger partial charge in [0.25, 0.3) is 5.91 Å². The molecule has 4 rings (SSSR count). The molecule has 0 fully saturated rings. The van der Waals surface area contributed by atoms with Gasteiger partial charge in [-0.2, -0.15) is 0 Å². The van der Waals surface area contributed by atoms with Crippen molar-refractivity contribution >= 4 is 42.4 Å². The van der Waals surface area contributed by atoms with Crippen molar-refractivity contribution < 1.29 is 17.6 Å². The second-order valence-electron chi connectivity index (χ2n) is 6.98. The highest BCUT2D eigenvalue weighted by Gasteiger charge is 2.28. The van der Waals surface area contributed by atoms with E-state index in [0.717, 1.165) is 22.2 Å². The summed E-state index contributed by atoms with van der Waals surface area (Å²) < 4.78 is 31.7. The number of anilines is 1. The molecular weight excluding hydrogens is 432 g/mol. The number of amides is 1. The molecule has 0 spiro atoms. The highest BCUT2D eigenvalue weighted by Crippen LogP contribution is 2.33. The van der Waals surface area contributed by atoms with Crippen molar-refractivity contribution in [3.05, 3.63) is 77.7 Å². The van der Waals surface area contributed by atoms with E-state index < -0.39 is 15.7 Å². The summed E-state index contributed by atoms with van der Waals surface area (Å²) in [4.78, 5) is 20.0. The summed E-state index contributed by atoms with van der Waals surface area (Å²) in [6.07, 6.45) is 2.37. The third kappa shape index (κ3) is 4.13. The number of hydrogen-bond acceptors (Lipinski definition) is 6. The maximum absolute atomic E-state index is 13.7. The van der Waals surface area contributed by atoms with E-state index in [4.69, 9.17) is 9.40 Å². The zero-order valence-electron chi connectivity index (χ0n) is 17.2. The Bertz CT molecular complexity index is 1320. The van der Waals surface area contributed by atoms with Crippen LogP contribution < -0.4 is 4.90 Å². The van der Waals surface area contributed by atoms with Crippen LogP contribution in [-0.2, 0) is 22.8 Å². The van der Waals surface area contributed by atoms with E-state index in [1.807, 2.05) is 18.2 Å². The second kappa shape index (κ2) is 8.64. The third-order valence-corrected chi connectivity index (χ3v) is 7.90. The number of aromatic nitrogens is 1. The SMILES string of the molecule is CCc1cccc2sc(N(Cc3ccco3)C(=O)c3ccccc3S(=O)(=O)CC)nc12. The summed E-state index contributed by atoms with van der Waals surface area (Å²) >= 11 is 1.40. The lowest BCUT2D eigenvalue weighted by molar-refractivity contribution is 0.0980. The largest absolute Gasteiger partial charge is 0.467 e. The predicted molar refractivity (Wildman–Crippen MR) is 122 cm³/mol. The van der Waals surface area contributed by atoms with Gasteiger partial charge in [0, 0.05) is 0 Å². The highest BCUT2D eigenvalue weighted by molar-refractivity contribution is 7.91. The van der Waals surface area contributed by atoms with Crippen molar-refractivity contribution in [2.75, 3.05) is 10.7 Å². The Kier molecular flexibility index (Phi) is 5.93. The van der Waals surface area contributed by atoms with E-state index in [2.05, 4.69) is 6.92 Å². The molecule has 0 saturated heterocycles. The van der Waals surface area contributed by atoms with Crippen LogP contribution in [0.15, 0.2) is 70.2 Å². The monoisotopic (exact) mass is 454 g/mol. The fourth-order valence-electron chi connectivity index (χ4n) is 3.39. The molecule has 0 aliphatic rings. The number of benzene rings is 2. The molecule has 0 N–H and O–H groups in total. The quantitative estimate of drug-likeness (QED) is 0.388. The molecule has 0 atom stereocenters. The fourth-order valence-corrected chi connectivity index (χ4v) is 5.49. The Balaban J connectivity index is 1.85. The number of rotatable bonds is 7. The molecule has 1 amide bonds. The van der Waals surface area contributed by atoms with Gasteiger partial charge in [-0.3, -0.25) is 9.69 Å². The first kappa shape index (κ1) is 21.3. The number of nitrogens with zero attached hydrogens (tertiary/aromatic N) is 2. The third-order valence-electron chi connectivity index (χ3n) is 5.07. The van der Waals surface area contributed by atoms with Gasteiger partial charge in [0.2, 0.25) is 0 Å². The average Bonchev–Trinajstić information content (AvgIpc) is 3.46. The topological polar surface area (TPSA) is 80.5 Å². The van der Waals surface area contributed by atoms with Crippen molar-refractivity contribution in [3.63, 3.8) is 0 Å². The van der Waals surface area contributed by atoms with Gasteiger partial charge in [-0.25, -0.2) is 13.4 Å². The smallest absolute Gasteiger partial charge is 0.261 e. The van der Waals surface area contributed by atoms with Gasteiger partial charge in [-0.15, -0.1) is 0 Å². The summed E-state index contributed by atoms with van der Waals surface area (Å²) in [6, 6.07) is 15.8. The van der Waals surface area contributed by atoms with Gasteiger partial charge in [0.05, 0.1) is 39.2 Å². The van der Waals surface area contributed by atoms with Crippen molar-refractivity contribution in [2.24, 2.45) is 0 Å². The molecule has 0 radical (unpaired) electrons. The Morgan fingerprint density at radius 2 is 1.87 bits per heavy atom. The standard InChI is InChI=1S/C23H22N2O4S2/c1-3-16-9-7-12-19-21(16)24-23(30-19)25(15-17-10-8-14-29-17)22(26)18-11-5-6-13-20(18)31(27,28)4-2/h5-14H,3-4,15H2,1-2H3. The van der Waals surface area contributed by atoms with E-state index in [1.165, 1.54) is 22.3 Å². The molecule has 31 heavy (non-hydrogen) atoms. The summed E-state index contributed by atoms with van der Waals surface area (Å²) in [7, 11) is -3.57. The maximum atomic E-state index is 13.7. The fraction of sp³-hybridized carbons (Fsp3) is 0.217. The van der Waals surface area contributed by atoms with Crippen LogP contribution in [0.4, 0.5) is 5.13 Å². The van der Waals surface area contributed by atoms with Crippen molar-refractivity contribution in [3.8, 4) is 0 Å². The van der Waals surface area contributed by atoms with Crippen LogP contribution in [0.3, 0.4) is 0 Å². The lowest BCUT2D eigenvalue weighted by atomic mass is 10.1. The van der Waals surface area contributed by atoms with Gasteiger partial charge in [-0.1, -0.05) is 49.4 Å². The van der Waals surface area contributed by atoms with Crippen molar-refractivity contribution in [1.29, 1.82) is 0 Å². The van der Waals surface area contributed by atoms with Gasteiger partial charge in [0.15, 0.2) is 15.0 Å². The Morgan fingerprint density at radius 1 is 1.06 bits per heavy atom. The minimum atomic E-state index is -3.57. The Hall–Kier alpha value is -2.97. The first-order valence-electron chi connectivity index (χ1n) is 9.99. The minimum absolute atomic E-state index is 0.0299. The average molecular weight is 455 g/mol. The molecule has 0 saturated carbocycles. The van der Waals surface area contributed by atoms with Crippen LogP contribution in [0.5, 0.6) is 0 Å². The molecule has 8 heteroatoms. The summed E-state index contributed by atoms with van der Waals surface area (Å²) in [5.41, 5.74) is 2.09. The summed E-state index contributed by atoms with van der Waals surface area (Å²) in [6.45, 7) is 3.77. The van der Waals surface area contributed by atoms with Crippen molar-refractivity contribution in [1.82, 2.24) is 4.98 Å². The van der Waals surface area contributed by atoms with Crippen LogP contribution in [0.2, 0.25) is 0 Å².